The molecule has 0 bridgehead atoms. The van der Waals surface area contributed by atoms with Crippen molar-refractivity contribution >= 4 is 24.8 Å². The molecule has 0 amide bonds. The Morgan fingerprint density at radius 1 is 0.923 bits per heavy atom. The van der Waals surface area contributed by atoms with Gasteiger partial charge in [0.1, 0.15) is 0 Å². The van der Waals surface area contributed by atoms with Crippen LogP contribution >= 0.6 is 24.8 Å². The van der Waals surface area contributed by atoms with Crippen LogP contribution in [0.2, 0.25) is 0 Å². The molecule has 13 heavy (non-hydrogen) atoms. The molecule has 0 aromatic heterocycles. The van der Waals surface area contributed by atoms with Crippen molar-refractivity contribution in [1.29, 1.82) is 0 Å². The topological polar surface area (TPSA) is 29.3 Å². The van der Waals surface area contributed by atoms with Crippen molar-refractivity contribution in [3.05, 3.63) is 0 Å². The maximum absolute atomic E-state index is 5.46. The molecule has 0 saturated carbocycles. The number of hydrogen-bond donors (Lipinski definition) is 1. The summed E-state index contributed by atoms with van der Waals surface area (Å²) in [5.41, 5.74) is 5.46. The predicted octanol–water partition coefficient (Wildman–Crippen LogP) is 2.05. The maximum atomic E-state index is 5.46. The normalized spacial score (nSPS) is 18.2. The minimum absolute atomic E-state index is 0. The van der Waals surface area contributed by atoms with Gasteiger partial charge in [-0.3, -0.25) is 0 Å². The number of halogens is 2. The molecule has 0 aromatic rings. The number of likely N-dealkylation sites (tertiary alicyclic amines) is 1. The first kappa shape index (κ1) is 15.9. The van der Waals surface area contributed by atoms with Crippen molar-refractivity contribution in [2.75, 3.05) is 26.2 Å². The highest BCUT2D eigenvalue weighted by Gasteiger charge is 2.06. The summed E-state index contributed by atoms with van der Waals surface area (Å²) in [6.07, 6.45) is 6.81. The van der Waals surface area contributed by atoms with E-state index < -0.39 is 0 Å². The molecular weight excluding hydrogens is 207 g/mol. The molecule has 4 heteroatoms. The summed E-state index contributed by atoms with van der Waals surface area (Å²) in [7, 11) is 0. The van der Waals surface area contributed by atoms with Gasteiger partial charge in [0.25, 0.3) is 0 Å². The Bertz CT molecular complexity index is 93.6. The van der Waals surface area contributed by atoms with E-state index in [0.29, 0.717) is 0 Å². The second kappa shape index (κ2) is 10.6. The summed E-state index contributed by atoms with van der Waals surface area (Å²) in [6.45, 7) is 4.67. The zero-order valence-electron chi connectivity index (χ0n) is 8.21. The minimum atomic E-state index is 0. The van der Waals surface area contributed by atoms with Gasteiger partial charge in [-0.15, -0.1) is 24.8 Å². The van der Waals surface area contributed by atoms with Crippen LogP contribution in [0, 0.1) is 0 Å². The lowest BCUT2D eigenvalue weighted by Crippen LogP contribution is -2.27. The summed E-state index contributed by atoms with van der Waals surface area (Å²) in [5, 5.41) is 0. The fraction of sp³-hybridized carbons (Fsp3) is 1.00. The summed E-state index contributed by atoms with van der Waals surface area (Å²) in [6, 6.07) is 0. The van der Waals surface area contributed by atoms with Crippen LogP contribution in [0.25, 0.3) is 0 Å². The van der Waals surface area contributed by atoms with Gasteiger partial charge >= 0.3 is 0 Å². The van der Waals surface area contributed by atoms with Gasteiger partial charge in [-0.25, -0.2) is 0 Å². The summed E-state index contributed by atoms with van der Waals surface area (Å²) in [4.78, 5) is 2.56. The molecule has 0 radical (unpaired) electrons. The van der Waals surface area contributed by atoms with Gasteiger partial charge in [0.2, 0.25) is 0 Å². The molecule has 0 atom stereocenters. The molecule has 1 rings (SSSR count). The van der Waals surface area contributed by atoms with Crippen LogP contribution in [0.15, 0.2) is 0 Å². The Balaban J connectivity index is 0. The highest BCUT2D eigenvalue weighted by atomic mass is 35.5. The lowest BCUT2D eigenvalue weighted by molar-refractivity contribution is 0.283. The molecule has 0 aliphatic carbocycles. The third-order valence-corrected chi connectivity index (χ3v) is 2.38. The van der Waals surface area contributed by atoms with E-state index in [1.165, 1.54) is 51.7 Å². The van der Waals surface area contributed by atoms with Crippen molar-refractivity contribution in [1.82, 2.24) is 4.90 Å². The molecule has 2 nitrogen and oxygen atoms in total. The molecular formula is C9H22Cl2N2. The van der Waals surface area contributed by atoms with Gasteiger partial charge in [-0.1, -0.05) is 12.8 Å². The zero-order chi connectivity index (χ0) is 7.94. The quantitative estimate of drug-likeness (QED) is 0.802. The Kier molecular flexibility index (Phi) is 13.0. The third-order valence-electron chi connectivity index (χ3n) is 2.38. The third kappa shape index (κ3) is 7.56. The van der Waals surface area contributed by atoms with Crippen LogP contribution in [0.1, 0.15) is 32.1 Å². The lowest BCUT2D eigenvalue weighted by atomic mass is 10.2. The number of nitrogens with zero attached hydrogens (tertiary/aromatic N) is 1. The van der Waals surface area contributed by atoms with Crippen molar-refractivity contribution in [2.45, 2.75) is 32.1 Å². The largest absolute Gasteiger partial charge is 0.330 e. The summed E-state index contributed by atoms with van der Waals surface area (Å²) < 4.78 is 0. The molecule has 2 N–H and O–H groups in total. The molecule has 1 aliphatic rings. The van der Waals surface area contributed by atoms with Crippen LogP contribution < -0.4 is 5.73 Å². The second-order valence-electron chi connectivity index (χ2n) is 3.40. The van der Waals surface area contributed by atoms with Gasteiger partial charge in [0, 0.05) is 0 Å². The molecule has 1 aliphatic heterocycles. The van der Waals surface area contributed by atoms with Crippen LogP contribution in [0.4, 0.5) is 0 Å². The second-order valence-corrected chi connectivity index (χ2v) is 3.40. The highest BCUT2D eigenvalue weighted by molar-refractivity contribution is 5.85. The van der Waals surface area contributed by atoms with Crippen molar-refractivity contribution < 1.29 is 0 Å². The molecule has 1 heterocycles. The predicted molar refractivity (Wildman–Crippen MR) is 63.1 cm³/mol. The maximum Gasteiger partial charge on any atom is -0.000672 e. The standard InChI is InChI=1S/C9H20N2.2ClH/c10-6-5-9-11-7-3-1-2-4-8-11;;/h1-10H2;2*1H. The van der Waals surface area contributed by atoms with E-state index in [2.05, 4.69) is 4.90 Å². The molecule has 0 spiro atoms. The Morgan fingerprint density at radius 2 is 1.46 bits per heavy atom. The molecule has 1 saturated heterocycles. The first-order valence-corrected chi connectivity index (χ1v) is 4.86. The molecule has 0 aromatic carbocycles. The van der Waals surface area contributed by atoms with Gasteiger partial charge in [-0.2, -0.15) is 0 Å². The number of hydrogen-bond acceptors (Lipinski definition) is 2. The Hall–Kier alpha value is 0.500. The van der Waals surface area contributed by atoms with Crippen LogP contribution in [0.3, 0.4) is 0 Å². The lowest BCUT2D eigenvalue weighted by Gasteiger charge is -2.18. The average molecular weight is 229 g/mol. The smallest absolute Gasteiger partial charge is 0.000672 e. The SMILES string of the molecule is Cl.Cl.NCCCN1CCCCCC1. The Labute approximate surface area is 94.1 Å². The van der Waals surface area contributed by atoms with E-state index in [-0.39, 0.29) is 24.8 Å². The van der Waals surface area contributed by atoms with E-state index in [1.807, 2.05) is 0 Å². The molecule has 0 unspecified atom stereocenters. The summed E-state index contributed by atoms with van der Waals surface area (Å²) in [5.74, 6) is 0. The van der Waals surface area contributed by atoms with Crippen molar-refractivity contribution in [2.24, 2.45) is 5.73 Å². The monoisotopic (exact) mass is 228 g/mol. The van der Waals surface area contributed by atoms with Gasteiger partial charge in [0.15, 0.2) is 0 Å². The van der Waals surface area contributed by atoms with Gasteiger partial charge in [-0.05, 0) is 45.4 Å². The first-order chi connectivity index (χ1) is 5.43. The van der Waals surface area contributed by atoms with Crippen LogP contribution in [0.5, 0.6) is 0 Å². The van der Waals surface area contributed by atoms with Crippen LogP contribution in [-0.4, -0.2) is 31.1 Å². The van der Waals surface area contributed by atoms with Crippen molar-refractivity contribution in [3.63, 3.8) is 0 Å². The first-order valence-electron chi connectivity index (χ1n) is 4.86. The van der Waals surface area contributed by atoms with Gasteiger partial charge < -0.3 is 10.6 Å². The molecule has 1 fully saturated rings. The fourth-order valence-electron chi connectivity index (χ4n) is 1.67. The van der Waals surface area contributed by atoms with Gasteiger partial charge in [0.05, 0.1) is 0 Å². The molecule has 82 valence electrons. The zero-order valence-corrected chi connectivity index (χ0v) is 9.84. The van der Waals surface area contributed by atoms with E-state index in [4.69, 9.17) is 5.73 Å². The number of rotatable bonds is 3. The van der Waals surface area contributed by atoms with E-state index in [9.17, 15) is 0 Å². The Morgan fingerprint density at radius 3 is 1.92 bits per heavy atom. The van der Waals surface area contributed by atoms with Crippen molar-refractivity contribution in [3.8, 4) is 0 Å². The van der Waals surface area contributed by atoms with E-state index >= 15 is 0 Å². The summed E-state index contributed by atoms with van der Waals surface area (Å²) >= 11 is 0. The minimum Gasteiger partial charge on any atom is -0.330 e. The number of nitrogens with two attached hydrogens (primary N) is 1. The van der Waals surface area contributed by atoms with E-state index in [0.717, 1.165) is 6.54 Å². The average Bonchev–Trinajstić information content (AvgIpc) is 2.28. The van der Waals surface area contributed by atoms with E-state index in [1.54, 1.807) is 0 Å². The van der Waals surface area contributed by atoms with Crippen LogP contribution in [-0.2, 0) is 0 Å². The fourth-order valence-corrected chi connectivity index (χ4v) is 1.67. The highest BCUT2D eigenvalue weighted by Crippen LogP contribution is 2.09.